The maximum absolute atomic E-state index is 13.1. The molecule has 2 heterocycles. The highest BCUT2D eigenvalue weighted by molar-refractivity contribution is 5.99. The lowest BCUT2D eigenvalue weighted by molar-refractivity contribution is -0.121. The van der Waals surface area contributed by atoms with E-state index in [0.29, 0.717) is 11.4 Å². The summed E-state index contributed by atoms with van der Waals surface area (Å²) in [7, 11) is 0. The van der Waals surface area contributed by atoms with Crippen LogP contribution in [0.2, 0.25) is 0 Å². The van der Waals surface area contributed by atoms with Gasteiger partial charge in [-0.15, -0.1) is 0 Å². The van der Waals surface area contributed by atoms with E-state index in [-0.39, 0.29) is 23.5 Å². The van der Waals surface area contributed by atoms with E-state index in [0.717, 1.165) is 43.6 Å². The number of carbonyl (C=O) groups excluding carboxylic acids is 2. The lowest BCUT2D eigenvalue weighted by Gasteiger charge is -2.31. The van der Waals surface area contributed by atoms with E-state index in [1.165, 1.54) is 24.3 Å². The van der Waals surface area contributed by atoms with Crippen LogP contribution in [-0.4, -0.2) is 23.3 Å². The molecule has 1 saturated carbocycles. The zero-order chi connectivity index (χ0) is 19.9. The number of amides is 2. The molecule has 28 heavy (non-hydrogen) atoms. The Balaban J connectivity index is 1.57. The van der Waals surface area contributed by atoms with Gasteiger partial charge in [-0.2, -0.15) is 0 Å². The van der Waals surface area contributed by atoms with E-state index < -0.39 is 5.41 Å². The molecule has 5 nitrogen and oxygen atoms in total. The summed E-state index contributed by atoms with van der Waals surface area (Å²) in [6.07, 6.45) is 3.64. The van der Waals surface area contributed by atoms with Gasteiger partial charge >= 0.3 is 0 Å². The van der Waals surface area contributed by atoms with Gasteiger partial charge in [-0.25, -0.2) is 4.39 Å². The Morgan fingerprint density at radius 3 is 2.54 bits per heavy atom. The summed E-state index contributed by atoms with van der Waals surface area (Å²) in [5.41, 5.74) is 2.08. The van der Waals surface area contributed by atoms with Gasteiger partial charge in [0, 0.05) is 18.2 Å². The van der Waals surface area contributed by atoms with E-state index in [9.17, 15) is 14.0 Å². The Bertz CT molecular complexity index is 920. The van der Waals surface area contributed by atoms with Crippen molar-refractivity contribution < 1.29 is 14.0 Å². The summed E-state index contributed by atoms with van der Waals surface area (Å²) >= 11 is 0. The van der Waals surface area contributed by atoms with Gasteiger partial charge in [0.05, 0.1) is 22.5 Å². The molecule has 1 aromatic carbocycles. The first-order chi connectivity index (χ1) is 13.4. The minimum atomic E-state index is -0.869. The molecule has 1 aromatic heterocycles. The maximum atomic E-state index is 13.1. The Morgan fingerprint density at radius 1 is 1.14 bits per heavy atom. The van der Waals surface area contributed by atoms with Crippen molar-refractivity contribution in [2.75, 3.05) is 16.8 Å². The monoisotopic (exact) mass is 381 g/mol. The van der Waals surface area contributed by atoms with Gasteiger partial charge in [-0.05, 0) is 75.9 Å². The van der Waals surface area contributed by atoms with Gasteiger partial charge < -0.3 is 10.2 Å². The molecule has 0 radical (unpaired) electrons. The van der Waals surface area contributed by atoms with Crippen LogP contribution in [0.4, 0.5) is 15.8 Å². The van der Waals surface area contributed by atoms with E-state index in [2.05, 4.69) is 5.32 Å². The molecule has 1 N–H and O–H groups in total. The zero-order valence-corrected chi connectivity index (χ0v) is 16.2. The fourth-order valence-electron chi connectivity index (χ4n) is 3.51. The summed E-state index contributed by atoms with van der Waals surface area (Å²) in [6, 6.07) is 9.44. The second-order valence-electron chi connectivity index (χ2n) is 8.12. The molecule has 2 aromatic rings. The Labute approximate surface area is 164 Å². The third-order valence-corrected chi connectivity index (χ3v) is 5.54. The summed E-state index contributed by atoms with van der Waals surface area (Å²) < 4.78 is 13.1. The van der Waals surface area contributed by atoms with Crippen molar-refractivity contribution in [1.82, 2.24) is 4.98 Å². The predicted molar refractivity (Wildman–Crippen MR) is 106 cm³/mol. The minimum absolute atomic E-state index is 0.170. The van der Waals surface area contributed by atoms with Crippen LogP contribution >= 0.6 is 0 Å². The smallest absolute Gasteiger partial charge is 0.236 e. The topological polar surface area (TPSA) is 62.3 Å². The fourth-order valence-corrected chi connectivity index (χ4v) is 3.51. The number of anilines is 2. The number of aromatic nitrogens is 1. The van der Waals surface area contributed by atoms with Crippen LogP contribution in [0.1, 0.15) is 44.5 Å². The van der Waals surface area contributed by atoms with Crippen molar-refractivity contribution in [3.63, 3.8) is 0 Å². The van der Waals surface area contributed by atoms with Crippen LogP contribution in [0.5, 0.6) is 0 Å². The third-order valence-electron chi connectivity index (χ3n) is 5.54. The third kappa shape index (κ3) is 3.51. The van der Waals surface area contributed by atoms with Crippen LogP contribution in [0.15, 0.2) is 36.4 Å². The van der Waals surface area contributed by atoms with Crippen molar-refractivity contribution in [2.24, 2.45) is 5.92 Å². The Kier molecular flexibility index (Phi) is 4.65. The summed E-state index contributed by atoms with van der Waals surface area (Å²) in [6.45, 7) is 4.37. The molecule has 0 spiro atoms. The largest absolute Gasteiger partial charge is 0.325 e. The molecule has 0 atom stereocenters. The SMILES string of the molecule is CC(C)(C(=O)Nc1ccc(F)cc1)c1ccc2c(n1)CCCN2C(=O)C1CC1. The van der Waals surface area contributed by atoms with Crippen molar-refractivity contribution >= 4 is 23.2 Å². The number of aryl methyl sites for hydroxylation is 1. The summed E-state index contributed by atoms with van der Waals surface area (Å²) in [5.74, 6) is -0.195. The van der Waals surface area contributed by atoms with Crippen LogP contribution in [0, 0.1) is 11.7 Å². The van der Waals surface area contributed by atoms with Gasteiger partial charge in [0.25, 0.3) is 0 Å². The molecule has 146 valence electrons. The van der Waals surface area contributed by atoms with Crippen molar-refractivity contribution in [1.29, 1.82) is 0 Å². The molecule has 6 heteroatoms. The Morgan fingerprint density at radius 2 is 1.86 bits per heavy atom. The number of rotatable bonds is 4. The second kappa shape index (κ2) is 7.00. The predicted octanol–water partition coefficient (Wildman–Crippen LogP) is 3.83. The molecule has 1 fully saturated rings. The zero-order valence-electron chi connectivity index (χ0n) is 16.2. The number of fused-ring (bicyclic) bond motifs is 1. The number of hydrogen-bond acceptors (Lipinski definition) is 3. The van der Waals surface area contributed by atoms with Crippen LogP contribution in [-0.2, 0) is 21.4 Å². The minimum Gasteiger partial charge on any atom is -0.325 e. The molecular weight excluding hydrogens is 357 g/mol. The lowest BCUT2D eigenvalue weighted by Crippen LogP contribution is -2.39. The molecule has 2 aliphatic rings. The lowest BCUT2D eigenvalue weighted by atomic mass is 9.86. The number of benzene rings is 1. The normalized spacial score (nSPS) is 16.5. The highest BCUT2D eigenvalue weighted by Crippen LogP contribution is 2.36. The second-order valence-corrected chi connectivity index (χ2v) is 8.12. The first kappa shape index (κ1) is 18.6. The fraction of sp³-hybridized carbons (Fsp3) is 0.409. The molecule has 1 aliphatic carbocycles. The molecular formula is C22H24FN3O2. The van der Waals surface area contributed by atoms with Gasteiger partial charge in [0.2, 0.25) is 11.8 Å². The summed E-state index contributed by atoms with van der Waals surface area (Å²) in [4.78, 5) is 32.0. The molecule has 0 bridgehead atoms. The molecule has 1 aliphatic heterocycles. The van der Waals surface area contributed by atoms with Crippen LogP contribution in [0.3, 0.4) is 0 Å². The van der Waals surface area contributed by atoms with E-state index >= 15 is 0 Å². The molecule has 0 unspecified atom stereocenters. The maximum Gasteiger partial charge on any atom is 0.236 e. The quantitative estimate of drug-likeness (QED) is 0.876. The van der Waals surface area contributed by atoms with Crippen LogP contribution < -0.4 is 10.2 Å². The average Bonchev–Trinajstić information content (AvgIpc) is 3.53. The number of halogens is 1. The highest BCUT2D eigenvalue weighted by atomic mass is 19.1. The Hall–Kier alpha value is -2.76. The highest BCUT2D eigenvalue weighted by Gasteiger charge is 2.37. The standard InChI is InChI=1S/C22H24FN3O2/c1-22(2,21(28)24-16-9-7-15(23)8-10-16)19-12-11-18-17(25-19)4-3-13-26(18)20(27)14-5-6-14/h7-12,14H,3-6,13H2,1-2H3,(H,24,28). The first-order valence-corrected chi connectivity index (χ1v) is 9.75. The van der Waals surface area contributed by atoms with Gasteiger partial charge in [0.15, 0.2) is 0 Å². The van der Waals surface area contributed by atoms with E-state index in [1.54, 1.807) is 0 Å². The van der Waals surface area contributed by atoms with Gasteiger partial charge in [0.1, 0.15) is 5.82 Å². The van der Waals surface area contributed by atoms with Crippen molar-refractivity contribution in [3.8, 4) is 0 Å². The number of pyridine rings is 1. The van der Waals surface area contributed by atoms with Crippen molar-refractivity contribution in [2.45, 2.75) is 44.9 Å². The van der Waals surface area contributed by atoms with Crippen LogP contribution in [0.25, 0.3) is 0 Å². The average molecular weight is 381 g/mol. The van der Waals surface area contributed by atoms with Gasteiger partial charge in [-0.1, -0.05) is 0 Å². The van der Waals surface area contributed by atoms with Crippen molar-refractivity contribution in [3.05, 3.63) is 53.6 Å². The summed E-state index contributed by atoms with van der Waals surface area (Å²) in [5, 5.41) is 2.83. The number of carbonyl (C=O) groups is 2. The molecule has 4 rings (SSSR count). The molecule has 2 amide bonds. The van der Waals surface area contributed by atoms with E-state index in [1.807, 2.05) is 30.9 Å². The van der Waals surface area contributed by atoms with Gasteiger partial charge in [-0.3, -0.25) is 14.6 Å². The first-order valence-electron chi connectivity index (χ1n) is 9.75. The van der Waals surface area contributed by atoms with E-state index in [4.69, 9.17) is 4.98 Å². The number of hydrogen-bond donors (Lipinski definition) is 1. The number of nitrogens with one attached hydrogen (secondary N) is 1. The number of nitrogens with zero attached hydrogens (tertiary/aromatic N) is 2. The molecule has 0 saturated heterocycles.